The average molecular weight is 404 g/mol. The Morgan fingerprint density at radius 1 is 1.07 bits per heavy atom. The number of fused-ring (bicyclic) bond motifs is 1. The molecule has 28 heavy (non-hydrogen) atoms. The van der Waals surface area contributed by atoms with Gasteiger partial charge in [0.2, 0.25) is 10.0 Å². The van der Waals surface area contributed by atoms with Gasteiger partial charge < -0.3 is 14.8 Å². The Morgan fingerprint density at radius 3 is 2.36 bits per heavy atom. The van der Waals surface area contributed by atoms with E-state index >= 15 is 0 Å². The van der Waals surface area contributed by atoms with Crippen LogP contribution in [0.4, 0.5) is 0 Å². The zero-order valence-corrected chi connectivity index (χ0v) is 16.8. The lowest BCUT2D eigenvalue weighted by molar-refractivity contribution is 0.0955. The molecule has 2 aromatic carbocycles. The van der Waals surface area contributed by atoms with Gasteiger partial charge in [-0.15, -0.1) is 0 Å². The van der Waals surface area contributed by atoms with Gasteiger partial charge in [0.1, 0.15) is 11.5 Å². The highest BCUT2D eigenvalue weighted by Crippen LogP contribution is 2.23. The molecule has 1 N–H and O–H groups in total. The zero-order valence-electron chi connectivity index (χ0n) is 16.0. The molecule has 150 valence electrons. The number of carbonyl (C=O) groups excluding carboxylic acids is 1. The van der Waals surface area contributed by atoms with E-state index in [-0.39, 0.29) is 18.2 Å². The number of sulfonamides is 1. The maximum atomic E-state index is 12.6. The molecule has 0 radical (unpaired) electrons. The van der Waals surface area contributed by atoms with Crippen molar-refractivity contribution in [1.29, 1.82) is 0 Å². The second kappa shape index (κ2) is 8.62. The first-order valence-corrected chi connectivity index (χ1v) is 10.6. The van der Waals surface area contributed by atoms with Crippen molar-refractivity contribution in [3.8, 4) is 11.5 Å². The van der Waals surface area contributed by atoms with Crippen molar-refractivity contribution in [3.05, 3.63) is 59.2 Å². The smallest absolute Gasteiger partial charge is 0.251 e. The fourth-order valence-corrected chi connectivity index (χ4v) is 4.49. The van der Waals surface area contributed by atoms with E-state index in [1.54, 1.807) is 18.2 Å². The number of nitrogens with zero attached hydrogens (tertiary/aromatic N) is 1. The summed E-state index contributed by atoms with van der Waals surface area (Å²) in [6, 6.07) is 12.7. The van der Waals surface area contributed by atoms with Crippen molar-refractivity contribution >= 4 is 15.9 Å². The van der Waals surface area contributed by atoms with Crippen molar-refractivity contribution in [1.82, 2.24) is 9.62 Å². The molecular weight excluding hydrogens is 380 g/mol. The van der Waals surface area contributed by atoms with Crippen LogP contribution >= 0.6 is 0 Å². The van der Waals surface area contributed by atoms with Crippen molar-refractivity contribution in [3.63, 3.8) is 0 Å². The van der Waals surface area contributed by atoms with E-state index in [0.717, 1.165) is 5.56 Å². The Hall–Kier alpha value is -2.58. The van der Waals surface area contributed by atoms with E-state index in [2.05, 4.69) is 5.32 Å². The number of hydrogen-bond acceptors (Lipinski definition) is 5. The van der Waals surface area contributed by atoms with E-state index in [0.29, 0.717) is 36.6 Å². The van der Waals surface area contributed by atoms with Crippen LogP contribution in [0.1, 0.15) is 21.5 Å². The van der Waals surface area contributed by atoms with Gasteiger partial charge in [0, 0.05) is 31.3 Å². The van der Waals surface area contributed by atoms with E-state index in [1.165, 1.54) is 24.1 Å². The molecule has 1 heterocycles. The Kier molecular flexibility index (Phi) is 6.21. The van der Waals surface area contributed by atoms with Crippen LogP contribution in [0.15, 0.2) is 42.5 Å². The first kappa shape index (κ1) is 20.2. The SMILES string of the molecule is COc1cc(OC)cc(C(=O)NCCS(=O)(=O)N2CCc3ccccc3C2)c1. The lowest BCUT2D eigenvalue weighted by atomic mass is 10.0. The molecule has 0 atom stereocenters. The first-order chi connectivity index (χ1) is 13.4. The van der Waals surface area contributed by atoms with Gasteiger partial charge in [0.25, 0.3) is 5.91 Å². The van der Waals surface area contributed by atoms with Crippen LogP contribution in [0, 0.1) is 0 Å². The molecule has 1 amide bonds. The van der Waals surface area contributed by atoms with Crippen LogP contribution in [-0.4, -0.2) is 51.7 Å². The third-order valence-electron chi connectivity index (χ3n) is 4.75. The van der Waals surface area contributed by atoms with Crippen molar-refractivity contribution in [2.75, 3.05) is 33.1 Å². The standard InChI is InChI=1S/C20H24N2O5S/c1-26-18-11-17(12-19(13-18)27-2)20(23)21-8-10-28(24,25)22-9-7-15-5-3-4-6-16(15)14-22/h3-6,11-13H,7-10,14H2,1-2H3,(H,21,23). The second-order valence-corrected chi connectivity index (χ2v) is 8.61. The minimum absolute atomic E-state index is 0.0266. The number of nitrogens with one attached hydrogen (secondary N) is 1. The number of ether oxygens (including phenoxy) is 2. The third-order valence-corrected chi connectivity index (χ3v) is 6.57. The fourth-order valence-electron chi connectivity index (χ4n) is 3.17. The summed E-state index contributed by atoms with van der Waals surface area (Å²) in [5.41, 5.74) is 2.57. The second-order valence-electron chi connectivity index (χ2n) is 6.53. The summed E-state index contributed by atoms with van der Waals surface area (Å²) in [4.78, 5) is 12.4. The van der Waals surface area contributed by atoms with Crippen molar-refractivity contribution < 1.29 is 22.7 Å². The monoisotopic (exact) mass is 404 g/mol. The van der Waals surface area contributed by atoms with Gasteiger partial charge in [-0.2, -0.15) is 4.31 Å². The first-order valence-electron chi connectivity index (χ1n) is 8.99. The molecule has 3 rings (SSSR count). The Morgan fingerprint density at radius 2 is 1.71 bits per heavy atom. The molecule has 0 bridgehead atoms. The Bertz CT molecular complexity index is 937. The van der Waals surface area contributed by atoms with E-state index < -0.39 is 10.0 Å². The van der Waals surface area contributed by atoms with Gasteiger partial charge >= 0.3 is 0 Å². The highest BCUT2D eigenvalue weighted by Gasteiger charge is 2.26. The van der Waals surface area contributed by atoms with Gasteiger partial charge in [0.15, 0.2) is 0 Å². The summed E-state index contributed by atoms with van der Waals surface area (Å²) in [5, 5.41) is 2.66. The van der Waals surface area contributed by atoms with E-state index in [9.17, 15) is 13.2 Å². The lowest BCUT2D eigenvalue weighted by Gasteiger charge is -2.28. The largest absolute Gasteiger partial charge is 0.497 e. The maximum Gasteiger partial charge on any atom is 0.251 e. The maximum absolute atomic E-state index is 12.6. The number of methoxy groups -OCH3 is 2. The quantitative estimate of drug-likeness (QED) is 0.761. The fraction of sp³-hybridized carbons (Fsp3) is 0.350. The normalized spacial score (nSPS) is 14.2. The van der Waals surface area contributed by atoms with Gasteiger partial charge in [-0.05, 0) is 29.7 Å². The number of hydrogen-bond donors (Lipinski definition) is 1. The molecular formula is C20H24N2O5S. The summed E-state index contributed by atoms with van der Waals surface area (Å²) in [7, 11) is -0.461. The average Bonchev–Trinajstić information content (AvgIpc) is 2.72. The molecule has 2 aromatic rings. The van der Waals surface area contributed by atoms with E-state index in [4.69, 9.17) is 9.47 Å². The Balaban J connectivity index is 1.59. The van der Waals surface area contributed by atoms with Gasteiger partial charge in [-0.3, -0.25) is 4.79 Å². The molecule has 1 aliphatic heterocycles. The van der Waals surface area contributed by atoms with Gasteiger partial charge in [-0.1, -0.05) is 24.3 Å². The summed E-state index contributed by atoms with van der Waals surface area (Å²) in [6.45, 7) is 0.860. The predicted octanol–water partition coefficient (Wildman–Crippen LogP) is 1.82. The molecule has 7 nitrogen and oxygen atoms in total. The molecule has 0 aromatic heterocycles. The predicted molar refractivity (Wildman–Crippen MR) is 106 cm³/mol. The molecule has 0 unspecified atom stereocenters. The van der Waals surface area contributed by atoms with E-state index in [1.807, 2.05) is 24.3 Å². The van der Waals surface area contributed by atoms with Crippen molar-refractivity contribution in [2.24, 2.45) is 0 Å². The minimum Gasteiger partial charge on any atom is -0.497 e. The van der Waals surface area contributed by atoms with Crippen LogP contribution in [-0.2, 0) is 23.0 Å². The van der Waals surface area contributed by atoms with Crippen LogP contribution < -0.4 is 14.8 Å². The number of benzene rings is 2. The van der Waals surface area contributed by atoms with Gasteiger partial charge in [0.05, 0.1) is 20.0 Å². The van der Waals surface area contributed by atoms with Crippen molar-refractivity contribution in [2.45, 2.75) is 13.0 Å². The minimum atomic E-state index is -3.46. The molecule has 0 saturated heterocycles. The lowest BCUT2D eigenvalue weighted by Crippen LogP contribution is -2.40. The summed E-state index contributed by atoms with van der Waals surface area (Å²) >= 11 is 0. The third kappa shape index (κ3) is 4.63. The molecule has 0 saturated carbocycles. The topological polar surface area (TPSA) is 84.9 Å². The zero-order chi connectivity index (χ0) is 20.1. The molecule has 0 spiro atoms. The number of carbonyl (C=O) groups is 1. The van der Waals surface area contributed by atoms with Gasteiger partial charge in [-0.25, -0.2) is 8.42 Å². The van der Waals surface area contributed by atoms with Crippen LogP contribution in [0.25, 0.3) is 0 Å². The highest BCUT2D eigenvalue weighted by atomic mass is 32.2. The highest BCUT2D eigenvalue weighted by molar-refractivity contribution is 7.89. The summed E-state index contributed by atoms with van der Waals surface area (Å²) in [6.07, 6.45) is 0.700. The molecule has 1 aliphatic rings. The molecule has 0 aliphatic carbocycles. The molecule has 8 heteroatoms. The van der Waals surface area contributed by atoms with Crippen LogP contribution in [0.5, 0.6) is 11.5 Å². The van der Waals surface area contributed by atoms with Crippen LogP contribution in [0.3, 0.4) is 0 Å². The van der Waals surface area contributed by atoms with Crippen LogP contribution in [0.2, 0.25) is 0 Å². The number of amides is 1. The summed E-state index contributed by atoms with van der Waals surface area (Å²) < 4.78 is 37.1. The summed E-state index contributed by atoms with van der Waals surface area (Å²) in [5.74, 6) is 0.451. The Labute approximate surface area is 165 Å². The molecule has 0 fully saturated rings. The number of rotatable bonds is 7.